The summed E-state index contributed by atoms with van der Waals surface area (Å²) in [7, 11) is -3.72. The number of hydrogen-bond donors (Lipinski definition) is 2. The van der Waals surface area contributed by atoms with Gasteiger partial charge in [-0.05, 0) is 18.8 Å². The Morgan fingerprint density at radius 3 is 2.24 bits per heavy atom. The molecule has 0 aromatic heterocycles. The highest BCUT2D eigenvalue weighted by molar-refractivity contribution is 7.89. The lowest BCUT2D eigenvalue weighted by molar-refractivity contribution is -0.134. The first-order valence-corrected chi connectivity index (χ1v) is 6.90. The van der Waals surface area contributed by atoms with E-state index >= 15 is 0 Å². The van der Waals surface area contributed by atoms with Crippen LogP contribution in [0, 0.1) is 5.92 Å². The summed E-state index contributed by atoms with van der Waals surface area (Å²) in [6.45, 7) is 0.515. The van der Waals surface area contributed by atoms with Crippen molar-refractivity contribution in [3.8, 4) is 0 Å². The van der Waals surface area contributed by atoms with Gasteiger partial charge in [0, 0.05) is 19.5 Å². The molecule has 8 heteroatoms. The number of carbonyl (C=O) groups excluding carboxylic acids is 1. The van der Waals surface area contributed by atoms with Gasteiger partial charge in [-0.2, -0.15) is 0 Å². The number of carboxylic acid groups (broad SMARTS) is 1. The highest BCUT2D eigenvalue weighted by Gasteiger charge is 2.30. The summed E-state index contributed by atoms with van der Waals surface area (Å²) in [5.74, 6) is -2.53. The third kappa shape index (κ3) is 4.31. The number of aliphatic carboxylic acids is 1. The van der Waals surface area contributed by atoms with Gasteiger partial charge < -0.3 is 10.8 Å². The minimum Gasteiger partial charge on any atom is -0.480 e. The number of rotatable bonds is 5. The van der Waals surface area contributed by atoms with E-state index in [1.807, 2.05) is 0 Å². The summed E-state index contributed by atoms with van der Waals surface area (Å²) >= 11 is 0. The Kier molecular flexibility index (Phi) is 4.47. The minimum atomic E-state index is -3.72. The number of carbonyl (C=O) groups is 2. The average Bonchev–Trinajstić information content (AvgIpc) is 2.15. The molecule has 98 valence electrons. The van der Waals surface area contributed by atoms with Crippen LogP contribution in [0.5, 0.6) is 0 Å². The second-order valence-electron chi connectivity index (χ2n) is 4.16. The Bertz CT molecular complexity index is 398. The van der Waals surface area contributed by atoms with E-state index in [0.717, 1.165) is 0 Å². The van der Waals surface area contributed by atoms with Gasteiger partial charge in [0.2, 0.25) is 15.9 Å². The monoisotopic (exact) mass is 264 g/mol. The van der Waals surface area contributed by atoms with Gasteiger partial charge in [0.25, 0.3) is 0 Å². The maximum atomic E-state index is 11.6. The van der Waals surface area contributed by atoms with Crippen LogP contribution in [0.2, 0.25) is 0 Å². The highest BCUT2D eigenvalue weighted by atomic mass is 32.2. The normalized spacial score (nSPS) is 19.1. The molecule has 1 aliphatic heterocycles. The van der Waals surface area contributed by atoms with Crippen LogP contribution in [0.1, 0.15) is 19.3 Å². The van der Waals surface area contributed by atoms with E-state index in [9.17, 15) is 18.0 Å². The van der Waals surface area contributed by atoms with Crippen LogP contribution in [0.4, 0.5) is 0 Å². The first-order chi connectivity index (χ1) is 7.81. The Labute approximate surface area is 99.6 Å². The van der Waals surface area contributed by atoms with Crippen molar-refractivity contribution in [2.75, 3.05) is 18.8 Å². The molecule has 0 radical (unpaired) electrons. The Balaban J connectivity index is 2.51. The molecule has 0 atom stereocenters. The molecule has 1 aliphatic rings. The van der Waals surface area contributed by atoms with Crippen molar-refractivity contribution in [1.29, 1.82) is 0 Å². The lowest BCUT2D eigenvalue weighted by atomic mass is 9.94. The molecule has 0 saturated carbocycles. The molecule has 0 aromatic rings. The van der Waals surface area contributed by atoms with Gasteiger partial charge in [0.15, 0.2) is 5.75 Å². The number of sulfonamides is 1. The van der Waals surface area contributed by atoms with Crippen LogP contribution >= 0.6 is 0 Å². The summed E-state index contributed by atoms with van der Waals surface area (Å²) in [6, 6.07) is 0. The molecular formula is C9H16N2O5S. The van der Waals surface area contributed by atoms with Crippen LogP contribution < -0.4 is 5.73 Å². The predicted molar refractivity (Wildman–Crippen MR) is 59.5 cm³/mol. The van der Waals surface area contributed by atoms with E-state index in [1.54, 1.807) is 0 Å². The van der Waals surface area contributed by atoms with E-state index in [0.29, 0.717) is 12.8 Å². The van der Waals surface area contributed by atoms with Gasteiger partial charge in [0.1, 0.15) is 0 Å². The van der Waals surface area contributed by atoms with E-state index in [-0.39, 0.29) is 25.4 Å². The van der Waals surface area contributed by atoms with Crippen LogP contribution in [0.3, 0.4) is 0 Å². The molecule has 1 rings (SSSR count). The summed E-state index contributed by atoms with van der Waals surface area (Å²) in [6.07, 6.45) is 1.34. The van der Waals surface area contributed by atoms with E-state index < -0.39 is 27.7 Å². The highest BCUT2D eigenvalue weighted by Crippen LogP contribution is 2.22. The lowest BCUT2D eigenvalue weighted by Gasteiger charge is -2.30. The van der Waals surface area contributed by atoms with E-state index in [2.05, 4.69) is 0 Å². The van der Waals surface area contributed by atoms with Gasteiger partial charge >= 0.3 is 5.97 Å². The number of hydrogen-bond acceptors (Lipinski definition) is 4. The predicted octanol–water partition coefficient (Wildman–Crippen LogP) is -1.01. The first-order valence-electron chi connectivity index (χ1n) is 5.29. The summed E-state index contributed by atoms with van der Waals surface area (Å²) in [5, 5.41) is 8.48. The number of piperidine rings is 1. The summed E-state index contributed by atoms with van der Waals surface area (Å²) in [5.41, 5.74) is 5.06. The Morgan fingerprint density at radius 2 is 1.82 bits per heavy atom. The number of nitrogens with zero attached hydrogens (tertiary/aromatic N) is 1. The van der Waals surface area contributed by atoms with Crippen molar-refractivity contribution < 1.29 is 23.1 Å². The van der Waals surface area contributed by atoms with Gasteiger partial charge in [-0.1, -0.05) is 0 Å². The lowest BCUT2D eigenvalue weighted by Crippen LogP contribution is -2.41. The van der Waals surface area contributed by atoms with E-state index in [4.69, 9.17) is 10.8 Å². The largest absolute Gasteiger partial charge is 0.480 e. The molecule has 1 amide bonds. The third-order valence-electron chi connectivity index (χ3n) is 2.76. The number of amides is 1. The van der Waals surface area contributed by atoms with Crippen molar-refractivity contribution in [3.05, 3.63) is 0 Å². The molecule has 1 heterocycles. The number of nitrogens with two attached hydrogens (primary N) is 1. The van der Waals surface area contributed by atoms with Crippen LogP contribution in [-0.4, -0.2) is 48.5 Å². The van der Waals surface area contributed by atoms with E-state index in [1.165, 1.54) is 4.31 Å². The summed E-state index contributed by atoms with van der Waals surface area (Å²) < 4.78 is 24.3. The van der Waals surface area contributed by atoms with Crippen LogP contribution in [0.15, 0.2) is 0 Å². The molecule has 1 fully saturated rings. The van der Waals surface area contributed by atoms with Crippen LogP contribution in [-0.2, 0) is 19.6 Å². The van der Waals surface area contributed by atoms with Crippen molar-refractivity contribution in [3.63, 3.8) is 0 Å². The fourth-order valence-corrected chi connectivity index (χ4v) is 3.19. The zero-order valence-corrected chi connectivity index (χ0v) is 10.1. The fraction of sp³-hybridized carbons (Fsp3) is 0.778. The van der Waals surface area contributed by atoms with Crippen molar-refractivity contribution >= 4 is 21.9 Å². The Morgan fingerprint density at radius 1 is 1.29 bits per heavy atom. The smallest absolute Gasteiger partial charge is 0.320 e. The summed E-state index contributed by atoms with van der Waals surface area (Å²) in [4.78, 5) is 21.1. The number of primary amides is 1. The molecular weight excluding hydrogens is 248 g/mol. The second-order valence-corrected chi connectivity index (χ2v) is 6.13. The number of carboxylic acids is 1. The Hall–Kier alpha value is -1.15. The van der Waals surface area contributed by atoms with Crippen molar-refractivity contribution in [1.82, 2.24) is 4.31 Å². The van der Waals surface area contributed by atoms with Crippen molar-refractivity contribution in [2.45, 2.75) is 19.3 Å². The zero-order valence-electron chi connectivity index (χ0n) is 9.33. The second kappa shape index (κ2) is 5.46. The molecule has 7 nitrogen and oxygen atoms in total. The zero-order chi connectivity index (χ0) is 13.1. The molecule has 0 bridgehead atoms. The minimum absolute atomic E-state index is 0.101. The molecule has 1 saturated heterocycles. The quantitative estimate of drug-likeness (QED) is 0.659. The topological polar surface area (TPSA) is 118 Å². The molecule has 0 aromatic carbocycles. The maximum absolute atomic E-state index is 11.6. The van der Waals surface area contributed by atoms with Gasteiger partial charge in [-0.15, -0.1) is 0 Å². The third-order valence-corrected chi connectivity index (χ3v) is 4.53. The average molecular weight is 264 g/mol. The SMILES string of the molecule is NC(=O)CC1CCN(S(=O)(=O)CC(=O)O)CC1. The fourth-order valence-electron chi connectivity index (χ4n) is 1.92. The first kappa shape index (κ1) is 13.9. The molecule has 17 heavy (non-hydrogen) atoms. The van der Waals surface area contributed by atoms with Gasteiger partial charge in [0.05, 0.1) is 0 Å². The maximum Gasteiger partial charge on any atom is 0.320 e. The van der Waals surface area contributed by atoms with Gasteiger partial charge in [-0.25, -0.2) is 12.7 Å². The van der Waals surface area contributed by atoms with Crippen molar-refractivity contribution in [2.24, 2.45) is 11.7 Å². The molecule has 0 aliphatic carbocycles. The van der Waals surface area contributed by atoms with Crippen LogP contribution in [0.25, 0.3) is 0 Å². The molecule has 0 unspecified atom stereocenters. The van der Waals surface area contributed by atoms with Gasteiger partial charge in [-0.3, -0.25) is 9.59 Å². The standard InChI is InChI=1S/C9H16N2O5S/c10-8(12)5-7-1-3-11(4-2-7)17(15,16)6-9(13)14/h7H,1-6H2,(H2,10,12)(H,13,14). The molecule has 0 spiro atoms. The molecule has 3 N–H and O–H groups in total.